The highest BCUT2D eigenvalue weighted by Crippen LogP contribution is 2.47. The summed E-state index contributed by atoms with van der Waals surface area (Å²) in [6, 6.07) is 0.636. The van der Waals surface area contributed by atoms with Gasteiger partial charge < -0.3 is 14.5 Å². The van der Waals surface area contributed by atoms with Crippen LogP contribution in [0.25, 0.3) is 5.57 Å². The molecule has 3 fully saturated rings. The topological polar surface area (TPSA) is 74.2 Å². The standard InChI is InChI=1S/C23H32N6O2/c1-2-31-22(30)29-15-23(16-29)6-5-19(12-23)27-8-10-28(11-9-27)21-20(4-3-7-26-21)18-13-24-17-25-14-18/h7,13-14,17,19H,2-6,8-12,15-16H2,1H3. The Hall–Kier alpha value is -2.48. The van der Waals surface area contributed by atoms with Gasteiger partial charge in [-0.3, -0.25) is 4.90 Å². The number of allylic oxidation sites excluding steroid dienone is 1. The van der Waals surface area contributed by atoms with Crippen LogP contribution in [0, 0.1) is 5.41 Å². The fraction of sp³-hybridized carbons (Fsp3) is 0.652. The highest BCUT2D eigenvalue weighted by Gasteiger charge is 2.51. The van der Waals surface area contributed by atoms with Crippen LogP contribution < -0.4 is 0 Å². The lowest BCUT2D eigenvalue weighted by atomic mass is 9.78. The molecule has 5 rings (SSSR count). The van der Waals surface area contributed by atoms with Crippen LogP contribution in [0.4, 0.5) is 4.79 Å². The number of carbonyl (C=O) groups excluding carboxylic acids is 1. The largest absolute Gasteiger partial charge is 0.450 e. The summed E-state index contributed by atoms with van der Waals surface area (Å²) in [5.41, 5.74) is 2.68. The van der Waals surface area contributed by atoms with Crippen LogP contribution in [-0.4, -0.2) is 88.9 Å². The number of piperazine rings is 1. The fourth-order valence-electron chi connectivity index (χ4n) is 5.73. The molecule has 1 unspecified atom stereocenters. The number of likely N-dealkylation sites (tertiary alicyclic amines) is 1. The van der Waals surface area contributed by atoms with Crippen molar-refractivity contribution in [3.63, 3.8) is 0 Å². The van der Waals surface area contributed by atoms with Gasteiger partial charge >= 0.3 is 6.09 Å². The van der Waals surface area contributed by atoms with Crippen molar-refractivity contribution in [2.75, 3.05) is 45.9 Å². The number of hydrogen-bond acceptors (Lipinski definition) is 7. The number of nitrogens with zero attached hydrogens (tertiary/aromatic N) is 6. The first-order valence-corrected chi connectivity index (χ1v) is 11.6. The molecule has 1 spiro atoms. The van der Waals surface area contributed by atoms with Crippen molar-refractivity contribution in [1.29, 1.82) is 0 Å². The Morgan fingerprint density at radius 3 is 2.71 bits per heavy atom. The minimum Gasteiger partial charge on any atom is -0.450 e. The van der Waals surface area contributed by atoms with E-state index < -0.39 is 0 Å². The van der Waals surface area contributed by atoms with Crippen molar-refractivity contribution in [3.05, 3.63) is 30.1 Å². The van der Waals surface area contributed by atoms with Crippen LogP contribution in [0.5, 0.6) is 0 Å². The molecule has 0 bridgehead atoms. The second-order valence-corrected chi connectivity index (χ2v) is 9.25. The van der Waals surface area contributed by atoms with Gasteiger partial charge in [0.25, 0.3) is 0 Å². The van der Waals surface area contributed by atoms with E-state index in [1.165, 1.54) is 24.8 Å². The summed E-state index contributed by atoms with van der Waals surface area (Å²) >= 11 is 0. The molecule has 0 N–H and O–H groups in total. The highest BCUT2D eigenvalue weighted by molar-refractivity contribution is 5.75. The monoisotopic (exact) mass is 424 g/mol. The van der Waals surface area contributed by atoms with Crippen molar-refractivity contribution in [3.8, 4) is 0 Å². The van der Waals surface area contributed by atoms with E-state index in [9.17, 15) is 4.79 Å². The van der Waals surface area contributed by atoms with Crippen LogP contribution >= 0.6 is 0 Å². The molecule has 1 atom stereocenters. The van der Waals surface area contributed by atoms with Gasteiger partial charge in [0.15, 0.2) is 0 Å². The van der Waals surface area contributed by atoms with E-state index in [-0.39, 0.29) is 6.09 Å². The van der Waals surface area contributed by atoms with Crippen LogP contribution in [0.15, 0.2) is 29.5 Å². The van der Waals surface area contributed by atoms with E-state index in [1.54, 1.807) is 6.33 Å². The number of carbonyl (C=O) groups is 1. The van der Waals surface area contributed by atoms with Crippen molar-refractivity contribution < 1.29 is 9.53 Å². The van der Waals surface area contributed by atoms with Gasteiger partial charge in [0.1, 0.15) is 12.1 Å². The molecule has 1 saturated carbocycles. The first-order chi connectivity index (χ1) is 15.2. The lowest BCUT2D eigenvalue weighted by Gasteiger charge is -2.48. The summed E-state index contributed by atoms with van der Waals surface area (Å²) < 4.78 is 5.15. The Labute approximate surface area is 184 Å². The van der Waals surface area contributed by atoms with Gasteiger partial charge in [-0.15, -0.1) is 0 Å². The molecule has 2 saturated heterocycles. The molecule has 1 aromatic heterocycles. The van der Waals surface area contributed by atoms with Gasteiger partial charge in [-0.25, -0.2) is 19.8 Å². The lowest BCUT2D eigenvalue weighted by Crippen LogP contribution is -2.58. The van der Waals surface area contributed by atoms with E-state index in [0.717, 1.165) is 63.5 Å². The number of amides is 1. The number of rotatable bonds is 4. The third kappa shape index (κ3) is 4.05. The zero-order valence-corrected chi connectivity index (χ0v) is 18.4. The van der Waals surface area contributed by atoms with E-state index >= 15 is 0 Å². The van der Waals surface area contributed by atoms with Crippen molar-refractivity contribution in [1.82, 2.24) is 24.7 Å². The predicted octanol–water partition coefficient (Wildman–Crippen LogP) is 2.64. The molecule has 8 heteroatoms. The summed E-state index contributed by atoms with van der Waals surface area (Å²) in [7, 11) is 0. The van der Waals surface area contributed by atoms with Crippen LogP contribution in [-0.2, 0) is 4.74 Å². The van der Waals surface area contributed by atoms with Gasteiger partial charge in [-0.05, 0) is 39.0 Å². The van der Waals surface area contributed by atoms with Gasteiger partial charge in [-0.1, -0.05) is 0 Å². The van der Waals surface area contributed by atoms with E-state index in [1.807, 2.05) is 30.4 Å². The Bertz CT molecular complexity index is 856. The molecular weight excluding hydrogens is 392 g/mol. The molecule has 3 aliphatic heterocycles. The summed E-state index contributed by atoms with van der Waals surface area (Å²) in [4.78, 5) is 32.1. The zero-order chi connectivity index (χ0) is 21.3. The van der Waals surface area contributed by atoms with Crippen LogP contribution in [0.2, 0.25) is 0 Å². The molecule has 4 heterocycles. The molecule has 0 radical (unpaired) electrons. The minimum absolute atomic E-state index is 0.147. The Balaban J connectivity index is 1.18. The summed E-state index contributed by atoms with van der Waals surface area (Å²) in [6.45, 7) is 8.20. The normalized spacial score (nSPS) is 25.8. The lowest BCUT2D eigenvalue weighted by molar-refractivity contribution is -0.00428. The predicted molar refractivity (Wildman–Crippen MR) is 118 cm³/mol. The number of hydrogen-bond donors (Lipinski definition) is 0. The van der Waals surface area contributed by atoms with Gasteiger partial charge in [-0.2, -0.15) is 0 Å². The van der Waals surface area contributed by atoms with Crippen molar-refractivity contribution >= 4 is 17.9 Å². The molecule has 1 aromatic rings. The smallest absolute Gasteiger partial charge is 0.409 e. The second-order valence-electron chi connectivity index (χ2n) is 9.25. The Morgan fingerprint density at radius 1 is 1.19 bits per heavy atom. The third-order valence-corrected chi connectivity index (χ3v) is 7.30. The maximum atomic E-state index is 11.9. The van der Waals surface area contributed by atoms with Gasteiger partial charge in [0.05, 0.1) is 6.61 Å². The fourth-order valence-corrected chi connectivity index (χ4v) is 5.73. The summed E-state index contributed by atoms with van der Waals surface area (Å²) in [5, 5.41) is 0. The van der Waals surface area contributed by atoms with Gasteiger partial charge in [0, 0.05) is 80.5 Å². The molecule has 1 amide bonds. The van der Waals surface area contributed by atoms with Crippen molar-refractivity contribution in [2.45, 2.75) is 45.1 Å². The van der Waals surface area contributed by atoms with E-state index in [4.69, 9.17) is 9.73 Å². The van der Waals surface area contributed by atoms with Crippen LogP contribution in [0.1, 0.15) is 44.6 Å². The number of ether oxygens (including phenoxy) is 1. The maximum Gasteiger partial charge on any atom is 0.409 e. The molecule has 0 aromatic carbocycles. The van der Waals surface area contributed by atoms with E-state index in [0.29, 0.717) is 18.1 Å². The first-order valence-electron chi connectivity index (χ1n) is 11.6. The Kier molecular flexibility index (Phi) is 5.65. The molecule has 1 aliphatic carbocycles. The highest BCUT2D eigenvalue weighted by atomic mass is 16.6. The SMILES string of the molecule is CCOC(=O)N1CC2(CCC(N3CCN(C4=C(c5cncnc5)CCC=N4)CC3)C2)C1. The molecular formula is C23H32N6O2. The Morgan fingerprint density at radius 2 is 1.97 bits per heavy atom. The van der Waals surface area contributed by atoms with Crippen molar-refractivity contribution in [2.24, 2.45) is 10.4 Å². The maximum absolute atomic E-state index is 11.9. The quantitative estimate of drug-likeness (QED) is 0.740. The second kappa shape index (κ2) is 8.57. The molecule has 166 valence electrons. The summed E-state index contributed by atoms with van der Waals surface area (Å²) in [6.07, 6.45) is 12.9. The number of aromatic nitrogens is 2. The molecule has 8 nitrogen and oxygen atoms in total. The number of aliphatic imine (C=N–C) groups is 1. The average molecular weight is 425 g/mol. The zero-order valence-electron chi connectivity index (χ0n) is 18.4. The first kappa shape index (κ1) is 20.4. The average Bonchev–Trinajstić information content (AvgIpc) is 3.25. The third-order valence-electron chi connectivity index (χ3n) is 7.30. The van der Waals surface area contributed by atoms with Gasteiger partial charge in [0.2, 0.25) is 0 Å². The summed E-state index contributed by atoms with van der Waals surface area (Å²) in [5.74, 6) is 1.10. The minimum atomic E-state index is -0.147. The molecule has 31 heavy (non-hydrogen) atoms. The van der Waals surface area contributed by atoms with E-state index in [2.05, 4.69) is 19.8 Å². The molecule has 4 aliphatic rings. The van der Waals surface area contributed by atoms with Crippen LogP contribution in [0.3, 0.4) is 0 Å².